The molecule has 0 radical (unpaired) electrons. The predicted molar refractivity (Wildman–Crippen MR) is 48.3 cm³/mol. The first-order chi connectivity index (χ1) is 9.21. The number of carboxylic acid groups (broad SMARTS) is 1. The van der Waals surface area contributed by atoms with Crippen molar-refractivity contribution in [3.05, 3.63) is 0 Å². The summed E-state index contributed by atoms with van der Waals surface area (Å²) < 4.78 is 99.6. The van der Waals surface area contributed by atoms with Crippen molar-refractivity contribution in [3.63, 3.8) is 0 Å². The lowest BCUT2D eigenvalue weighted by atomic mass is 9.92. The van der Waals surface area contributed by atoms with Gasteiger partial charge in [0.1, 0.15) is 6.04 Å². The van der Waals surface area contributed by atoms with Crippen LogP contribution in [0.15, 0.2) is 0 Å². The Hall–Kier alpha value is -1.62. The van der Waals surface area contributed by atoms with E-state index in [1.165, 1.54) is 0 Å². The molecular formula is C9H7F8NO3. The Labute approximate surface area is 111 Å². The standard InChI is InChI=1S/C9H7F8NO3/c10-7(11,9(15,16)17)3-1-2-18(4(3)5(19)20)6(21)8(12,13)14/h3-4H,1-2H2,(H,19,20)/t3-,4-/m0/s1. The van der Waals surface area contributed by atoms with E-state index in [1.54, 1.807) is 0 Å². The van der Waals surface area contributed by atoms with E-state index in [0.717, 1.165) is 0 Å². The smallest absolute Gasteiger partial charge is 0.471 e. The Bertz CT molecular complexity index is 443. The van der Waals surface area contributed by atoms with Crippen LogP contribution in [0.2, 0.25) is 0 Å². The van der Waals surface area contributed by atoms with E-state index in [2.05, 4.69) is 0 Å². The molecule has 0 aliphatic carbocycles. The first kappa shape index (κ1) is 17.4. The monoisotopic (exact) mass is 329 g/mol. The second kappa shape index (κ2) is 4.98. The summed E-state index contributed by atoms with van der Waals surface area (Å²) in [4.78, 5) is 21.2. The molecule has 1 aliphatic heterocycles. The van der Waals surface area contributed by atoms with Crippen LogP contribution in [-0.2, 0) is 9.59 Å². The Kier molecular flexibility index (Phi) is 4.14. The fraction of sp³-hybridized carbons (Fsp3) is 0.778. The largest absolute Gasteiger partial charge is 0.480 e. The summed E-state index contributed by atoms with van der Waals surface area (Å²) in [5.74, 6) is -13.6. The molecule has 12 heteroatoms. The SMILES string of the molecule is O=C(O)[C@@H]1[C@@H](C(F)(F)C(F)(F)F)CCN1C(=O)C(F)(F)F. The van der Waals surface area contributed by atoms with Crippen molar-refractivity contribution in [1.82, 2.24) is 4.90 Å². The van der Waals surface area contributed by atoms with Gasteiger partial charge in [0.2, 0.25) is 0 Å². The number of amides is 1. The summed E-state index contributed by atoms with van der Waals surface area (Å²) in [6.45, 7) is -1.16. The van der Waals surface area contributed by atoms with E-state index < -0.39 is 60.0 Å². The van der Waals surface area contributed by atoms with Crippen LogP contribution in [0.3, 0.4) is 0 Å². The maximum absolute atomic E-state index is 13.2. The minimum atomic E-state index is -6.14. The molecule has 4 nitrogen and oxygen atoms in total. The van der Waals surface area contributed by atoms with Gasteiger partial charge in [-0.05, 0) is 6.42 Å². The fourth-order valence-corrected chi connectivity index (χ4v) is 2.08. The van der Waals surface area contributed by atoms with Gasteiger partial charge in [-0.2, -0.15) is 35.1 Å². The highest BCUT2D eigenvalue weighted by Crippen LogP contribution is 2.47. The molecule has 0 bridgehead atoms. The molecule has 122 valence electrons. The number of carbonyl (C=O) groups is 2. The Morgan fingerprint density at radius 1 is 1.00 bits per heavy atom. The third-order valence-electron chi connectivity index (χ3n) is 3.00. The van der Waals surface area contributed by atoms with E-state index >= 15 is 0 Å². The third kappa shape index (κ3) is 3.02. The molecule has 21 heavy (non-hydrogen) atoms. The lowest BCUT2D eigenvalue weighted by Crippen LogP contribution is -2.54. The van der Waals surface area contributed by atoms with Gasteiger partial charge in [-0.15, -0.1) is 0 Å². The number of carbonyl (C=O) groups excluding carboxylic acids is 1. The second-order valence-electron chi connectivity index (χ2n) is 4.30. The number of hydrogen-bond acceptors (Lipinski definition) is 2. The van der Waals surface area contributed by atoms with Crippen LogP contribution in [0.4, 0.5) is 35.1 Å². The minimum Gasteiger partial charge on any atom is -0.480 e. The van der Waals surface area contributed by atoms with Gasteiger partial charge in [0, 0.05) is 6.54 Å². The summed E-state index contributed by atoms with van der Waals surface area (Å²) in [7, 11) is 0. The molecule has 0 aromatic rings. The lowest BCUT2D eigenvalue weighted by Gasteiger charge is -2.30. The molecule has 2 atom stereocenters. The van der Waals surface area contributed by atoms with Crippen molar-refractivity contribution in [2.24, 2.45) is 5.92 Å². The minimum absolute atomic E-state index is 0.521. The molecule has 0 saturated carbocycles. The highest BCUT2D eigenvalue weighted by Gasteiger charge is 2.68. The van der Waals surface area contributed by atoms with Gasteiger partial charge >= 0.3 is 30.2 Å². The van der Waals surface area contributed by atoms with Crippen LogP contribution in [-0.4, -0.2) is 52.7 Å². The maximum Gasteiger partial charge on any atom is 0.471 e. The van der Waals surface area contributed by atoms with Crippen LogP contribution >= 0.6 is 0 Å². The number of rotatable bonds is 2. The van der Waals surface area contributed by atoms with E-state index in [1.807, 2.05) is 0 Å². The zero-order valence-electron chi connectivity index (χ0n) is 9.80. The van der Waals surface area contributed by atoms with Gasteiger partial charge < -0.3 is 10.0 Å². The van der Waals surface area contributed by atoms with Gasteiger partial charge in [0.15, 0.2) is 0 Å². The molecule has 1 rings (SSSR count). The van der Waals surface area contributed by atoms with Gasteiger partial charge in [-0.1, -0.05) is 0 Å². The predicted octanol–water partition coefficient (Wildman–Crippen LogP) is 2.05. The number of halogens is 8. The van der Waals surface area contributed by atoms with Gasteiger partial charge in [0.05, 0.1) is 5.92 Å². The second-order valence-corrected chi connectivity index (χ2v) is 4.30. The van der Waals surface area contributed by atoms with Crippen molar-refractivity contribution in [2.75, 3.05) is 6.54 Å². The number of carboxylic acids is 1. The Morgan fingerprint density at radius 3 is 1.81 bits per heavy atom. The van der Waals surface area contributed by atoms with Crippen LogP contribution in [0.1, 0.15) is 6.42 Å². The van der Waals surface area contributed by atoms with Gasteiger partial charge in [0.25, 0.3) is 0 Å². The van der Waals surface area contributed by atoms with E-state index in [0.29, 0.717) is 0 Å². The third-order valence-corrected chi connectivity index (χ3v) is 3.00. The molecule has 0 unspecified atom stereocenters. The number of alkyl halides is 8. The highest BCUT2D eigenvalue weighted by atomic mass is 19.4. The van der Waals surface area contributed by atoms with Gasteiger partial charge in [-0.3, -0.25) is 4.79 Å². The number of likely N-dealkylation sites (tertiary alicyclic amines) is 1. The van der Waals surface area contributed by atoms with Crippen molar-refractivity contribution in [2.45, 2.75) is 30.7 Å². The number of nitrogens with zero attached hydrogens (tertiary/aromatic N) is 1. The van der Waals surface area contributed by atoms with Crippen LogP contribution in [0.25, 0.3) is 0 Å². The van der Waals surface area contributed by atoms with Crippen LogP contribution in [0, 0.1) is 5.92 Å². The van der Waals surface area contributed by atoms with Crippen LogP contribution < -0.4 is 0 Å². The highest BCUT2D eigenvalue weighted by molar-refractivity contribution is 5.88. The molecule has 1 aliphatic rings. The van der Waals surface area contributed by atoms with E-state index in [9.17, 15) is 44.7 Å². The van der Waals surface area contributed by atoms with Crippen molar-refractivity contribution < 1.29 is 49.8 Å². The zero-order valence-corrected chi connectivity index (χ0v) is 9.80. The summed E-state index contributed by atoms with van der Waals surface area (Å²) in [5.41, 5.74) is 0. The van der Waals surface area contributed by atoms with Crippen molar-refractivity contribution in [1.29, 1.82) is 0 Å². The quantitative estimate of drug-likeness (QED) is 0.789. The summed E-state index contributed by atoms with van der Waals surface area (Å²) in [6.07, 6.45) is -12.9. The number of hydrogen-bond donors (Lipinski definition) is 1. The topological polar surface area (TPSA) is 57.6 Å². The first-order valence-electron chi connectivity index (χ1n) is 5.26. The molecule has 0 aromatic heterocycles. The molecule has 1 amide bonds. The molecule has 1 N–H and O–H groups in total. The van der Waals surface area contributed by atoms with Crippen molar-refractivity contribution in [3.8, 4) is 0 Å². The van der Waals surface area contributed by atoms with Crippen molar-refractivity contribution >= 4 is 11.9 Å². The average Bonchev–Trinajstić information content (AvgIpc) is 2.69. The van der Waals surface area contributed by atoms with E-state index in [4.69, 9.17) is 5.11 Å². The summed E-state index contributed by atoms with van der Waals surface area (Å²) >= 11 is 0. The average molecular weight is 329 g/mol. The van der Waals surface area contributed by atoms with E-state index in [-0.39, 0.29) is 0 Å². The molecule has 0 spiro atoms. The molecule has 1 fully saturated rings. The zero-order chi connectivity index (χ0) is 16.8. The Morgan fingerprint density at radius 2 is 1.48 bits per heavy atom. The molecular weight excluding hydrogens is 322 g/mol. The fourth-order valence-electron chi connectivity index (χ4n) is 2.08. The van der Waals surface area contributed by atoms with Crippen LogP contribution in [0.5, 0.6) is 0 Å². The maximum atomic E-state index is 13.2. The normalized spacial score (nSPS) is 24.3. The lowest BCUT2D eigenvalue weighted by molar-refractivity contribution is -0.304. The molecule has 1 saturated heterocycles. The molecule has 0 aromatic carbocycles. The van der Waals surface area contributed by atoms with Gasteiger partial charge in [-0.25, -0.2) is 4.79 Å². The molecule has 1 heterocycles. The summed E-state index contributed by atoms with van der Waals surface area (Å²) in [6, 6.07) is -2.91. The number of aliphatic carboxylic acids is 1. The first-order valence-corrected chi connectivity index (χ1v) is 5.26. The summed E-state index contributed by atoms with van der Waals surface area (Å²) in [5, 5.41) is 8.64. The Balaban J connectivity index is 3.18.